The van der Waals surface area contributed by atoms with Crippen LogP contribution in [-0.4, -0.2) is 53.4 Å². The second-order valence-electron chi connectivity index (χ2n) is 8.74. The fourth-order valence-electron chi connectivity index (χ4n) is 4.82. The Balaban J connectivity index is 1.30. The van der Waals surface area contributed by atoms with Gasteiger partial charge in [-0.05, 0) is 75.0 Å². The molecular formula is C27H34N2O4. The fraction of sp³-hybridized carbons (Fsp3) is 0.444. The molecule has 2 heterocycles. The Morgan fingerprint density at radius 1 is 1.12 bits per heavy atom. The molecule has 0 aliphatic carbocycles. The Morgan fingerprint density at radius 3 is 2.55 bits per heavy atom. The number of aromatic nitrogens is 1. The second kappa shape index (κ2) is 10.9. The third kappa shape index (κ3) is 5.75. The third-order valence-corrected chi connectivity index (χ3v) is 6.55. The maximum Gasteiger partial charge on any atom is 0.307 e. The van der Waals surface area contributed by atoms with Crippen molar-refractivity contribution < 1.29 is 19.4 Å². The Bertz CT molecular complexity index is 1050. The van der Waals surface area contributed by atoms with Crippen molar-refractivity contribution in [2.24, 2.45) is 0 Å². The van der Waals surface area contributed by atoms with Crippen LogP contribution in [-0.2, 0) is 16.0 Å². The molecule has 1 aliphatic heterocycles. The standard InChI is InChI=1S/C27H34N2O4/c1-3-32-20(2)29-19-25(24-6-4-5-7-26(24)29)22-12-14-28(15-13-22)16-17-33-23-10-8-21(9-11-23)18-27(30)31/h4-11,19-20,22H,3,12-18H2,1-2H3,(H,30,31). The van der Waals surface area contributed by atoms with E-state index in [4.69, 9.17) is 14.6 Å². The summed E-state index contributed by atoms with van der Waals surface area (Å²) in [6, 6.07) is 16.0. The first-order valence-electron chi connectivity index (χ1n) is 11.9. The monoisotopic (exact) mass is 450 g/mol. The minimum absolute atomic E-state index is 0.0316. The highest BCUT2D eigenvalue weighted by Crippen LogP contribution is 2.35. The molecule has 1 aromatic heterocycles. The number of carboxylic acid groups (broad SMARTS) is 1. The number of fused-ring (bicyclic) bond motifs is 1. The molecule has 33 heavy (non-hydrogen) atoms. The molecule has 3 aromatic rings. The van der Waals surface area contributed by atoms with Gasteiger partial charge in [0.1, 0.15) is 18.6 Å². The average molecular weight is 451 g/mol. The molecule has 6 heteroatoms. The summed E-state index contributed by atoms with van der Waals surface area (Å²) >= 11 is 0. The van der Waals surface area contributed by atoms with Crippen molar-refractivity contribution in [3.05, 3.63) is 65.9 Å². The van der Waals surface area contributed by atoms with E-state index >= 15 is 0 Å². The molecule has 176 valence electrons. The lowest BCUT2D eigenvalue weighted by Crippen LogP contribution is -2.35. The summed E-state index contributed by atoms with van der Waals surface area (Å²) in [6.45, 7) is 8.51. The van der Waals surface area contributed by atoms with Crippen LogP contribution in [0.2, 0.25) is 0 Å². The minimum Gasteiger partial charge on any atom is -0.492 e. The molecule has 0 amide bonds. The van der Waals surface area contributed by atoms with E-state index in [0.717, 1.165) is 43.8 Å². The normalized spacial score (nSPS) is 16.2. The van der Waals surface area contributed by atoms with Crippen molar-refractivity contribution in [2.45, 2.75) is 45.3 Å². The van der Waals surface area contributed by atoms with Crippen molar-refractivity contribution in [1.82, 2.24) is 9.47 Å². The predicted molar refractivity (Wildman–Crippen MR) is 130 cm³/mol. The number of rotatable bonds is 10. The van der Waals surface area contributed by atoms with Gasteiger partial charge in [-0.15, -0.1) is 0 Å². The van der Waals surface area contributed by atoms with Crippen molar-refractivity contribution in [1.29, 1.82) is 0 Å². The smallest absolute Gasteiger partial charge is 0.307 e. The zero-order valence-corrected chi connectivity index (χ0v) is 19.6. The van der Waals surface area contributed by atoms with Gasteiger partial charge in [0.2, 0.25) is 0 Å². The molecule has 1 atom stereocenters. The maximum absolute atomic E-state index is 10.8. The van der Waals surface area contributed by atoms with Crippen LogP contribution in [0.1, 0.15) is 50.0 Å². The number of para-hydroxylation sites is 1. The molecule has 2 aromatic carbocycles. The van der Waals surface area contributed by atoms with Crippen LogP contribution >= 0.6 is 0 Å². The van der Waals surface area contributed by atoms with Crippen LogP contribution in [0.25, 0.3) is 10.9 Å². The lowest BCUT2D eigenvalue weighted by Gasteiger charge is -2.31. The van der Waals surface area contributed by atoms with E-state index in [-0.39, 0.29) is 12.6 Å². The van der Waals surface area contributed by atoms with Gasteiger partial charge in [0.15, 0.2) is 0 Å². The number of benzene rings is 2. The van der Waals surface area contributed by atoms with Gasteiger partial charge in [0, 0.05) is 24.7 Å². The summed E-state index contributed by atoms with van der Waals surface area (Å²) in [5, 5.41) is 10.2. The number of hydrogen-bond acceptors (Lipinski definition) is 4. The van der Waals surface area contributed by atoms with Crippen LogP contribution in [0, 0.1) is 0 Å². The molecule has 0 saturated carbocycles. The highest BCUT2D eigenvalue weighted by atomic mass is 16.5. The molecule has 0 spiro atoms. The molecule has 1 aliphatic rings. The molecular weight excluding hydrogens is 416 g/mol. The van der Waals surface area contributed by atoms with Gasteiger partial charge in [-0.2, -0.15) is 0 Å². The maximum atomic E-state index is 10.8. The van der Waals surface area contributed by atoms with Crippen molar-refractivity contribution in [3.8, 4) is 5.75 Å². The highest BCUT2D eigenvalue weighted by Gasteiger charge is 2.24. The Labute approximate surface area is 195 Å². The Kier molecular flexibility index (Phi) is 7.68. The number of carboxylic acids is 1. The average Bonchev–Trinajstić information content (AvgIpc) is 3.20. The number of hydrogen-bond donors (Lipinski definition) is 1. The lowest BCUT2D eigenvalue weighted by molar-refractivity contribution is -0.136. The van der Waals surface area contributed by atoms with Gasteiger partial charge in [-0.1, -0.05) is 30.3 Å². The van der Waals surface area contributed by atoms with Gasteiger partial charge in [0.25, 0.3) is 0 Å². The van der Waals surface area contributed by atoms with E-state index < -0.39 is 5.97 Å². The zero-order valence-electron chi connectivity index (χ0n) is 19.6. The van der Waals surface area contributed by atoms with Crippen molar-refractivity contribution >= 4 is 16.9 Å². The first-order chi connectivity index (χ1) is 16.0. The van der Waals surface area contributed by atoms with Crippen LogP contribution < -0.4 is 4.74 Å². The fourth-order valence-corrected chi connectivity index (χ4v) is 4.82. The quantitative estimate of drug-likeness (QED) is 0.467. The van der Waals surface area contributed by atoms with Gasteiger partial charge >= 0.3 is 5.97 Å². The second-order valence-corrected chi connectivity index (χ2v) is 8.74. The van der Waals surface area contributed by atoms with Crippen LogP contribution in [0.15, 0.2) is 54.7 Å². The molecule has 1 saturated heterocycles. The number of likely N-dealkylation sites (tertiary alicyclic amines) is 1. The summed E-state index contributed by atoms with van der Waals surface area (Å²) in [7, 11) is 0. The van der Waals surface area contributed by atoms with E-state index in [1.165, 1.54) is 16.5 Å². The largest absolute Gasteiger partial charge is 0.492 e. The summed E-state index contributed by atoms with van der Waals surface area (Å²) in [5.74, 6) is 0.527. The van der Waals surface area contributed by atoms with E-state index in [1.54, 1.807) is 0 Å². The predicted octanol–water partition coefficient (Wildman–Crippen LogP) is 5.08. The summed E-state index contributed by atoms with van der Waals surface area (Å²) < 4.78 is 14.0. The summed E-state index contributed by atoms with van der Waals surface area (Å²) in [4.78, 5) is 13.3. The molecule has 4 rings (SSSR count). The SMILES string of the molecule is CCOC(C)n1cc(C2CCN(CCOc3ccc(CC(=O)O)cc3)CC2)c2ccccc21. The summed E-state index contributed by atoms with van der Waals surface area (Å²) in [5.41, 5.74) is 3.47. The number of carbonyl (C=O) groups is 1. The van der Waals surface area contributed by atoms with Crippen molar-refractivity contribution in [2.75, 3.05) is 32.8 Å². The van der Waals surface area contributed by atoms with Crippen molar-refractivity contribution in [3.63, 3.8) is 0 Å². The van der Waals surface area contributed by atoms with E-state index in [0.29, 0.717) is 19.1 Å². The minimum atomic E-state index is -0.819. The first kappa shape index (κ1) is 23.3. The number of ether oxygens (including phenoxy) is 2. The molecule has 1 N–H and O–H groups in total. The topological polar surface area (TPSA) is 63.9 Å². The van der Waals surface area contributed by atoms with E-state index in [2.05, 4.69) is 46.9 Å². The lowest BCUT2D eigenvalue weighted by atomic mass is 9.89. The number of nitrogens with zero attached hydrogens (tertiary/aromatic N) is 2. The van der Waals surface area contributed by atoms with Crippen LogP contribution in [0.3, 0.4) is 0 Å². The zero-order chi connectivity index (χ0) is 23.2. The molecule has 1 unspecified atom stereocenters. The van der Waals surface area contributed by atoms with Crippen LogP contribution in [0.4, 0.5) is 0 Å². The summed E-state index contributed by atoms with van der Waals surface area (Å²) in [6.07, 6.45) is 4.66. The molecule has 0 radical (unpaired) electrons. The van der Waals surface area contributed by atoms with E-state index in [1.807, 2.05) is 31.2 Å². The number of piperidine rings is 1. The first-order valence-corrected chi connectivity index (χ1v) is 11.9. The Hall–Kier alpha value is -2.83. The van der Waals surface area contributed by atoms with Gasteiger partial charge in [-0.25, -0.2) is 0 Å². The highest BCUT2D eigenvalue weighted by molar-refractivity contribution is 5.84. The molecule has 1 fully saturated rings. The van der Waals surface area contributed by atoms with Gasteiger partial charge < -0.3 is 19.1 Å². The Morgan fingerprint density at radius 2 is 1.85 bits per heavy atom. The van der Waals surface area contributed by atoms with E-state index in [9.17, 15) is 4.79 Å². The van der Waals surface area contributed by atoms with Crippen LogP contribution in [0.5, 0.6) is 5.75 Å². The number of aliphatic carboxylic acids is 1. The molecule has 0 bridgehead atoms. The van der Waals surface area contributed by atoms with Gasteiger partial charge in [0.05, 0.1) is 11.9 Å². The molecule has 6 nitrogen and oxygen atoms in total. The van der Waals surface area contributed by atoms with Gasteiger partial charge in [-0.3, -0.25) is 9.69 Å². The third-order valence-electron chi connectivity index (χ3n) is 6.55.